The number of para-hydroxylation sites is 2. The number of anilines is 2. The summed E-state index contributed by atoms with van der Waals surface area (Å²) in [7, 11) is 0. The molecular formula is C36H40FN5O5S. The molecule has 6 rings (SSSR count). The number of nitrogens with one attached hydrogen (secondary N) is 2. The number of rotatable bonds is 10. The molecule has 1 saturated heterocycles. The van der Waals surface area contributed by atoms with Crippen molar-refractivity contribution in [2.24, 2.45) is 0 Å². The van der Waals surface area contributed by atoms with Gasteiger partial charge in [-0.1, -0.05) is 30.3 Å². The Morgan fingerprint density at radius 1 is 1.10 bits per heavy atom. The van der Waals surface area contributed by atoms with E-state index in [0.717, 1.165) is 34.0 Å². The van der Waals surface area contributed by atoms with Crippen LogP contribution in [0.4, 0.5) is 20.6 Å². The third-order valence-corrected chi connectivity index (χ3v) is 9.32. The zero-order valence-electron chi connectivity index (χ0n) is 27.3. The predicted octanol–water partition coefficient (Wildman–Crippen LogP) is 5.51. The normalized spacial score (nSPS) is 17.0. The molecule has 2 N–H and O–H groups in total. The molecule has 252 valence electrons. The fourth-order valence-corrected chi connectivity index (χ4v) is 7.19. The van der Waals surface area contributed by atoms with Gasteiger partial charge in [0.15, 0.2) is 0 Å². The number of fused-ring (bicyclic) bond motifs is 2. The van der Waals surface area contributed by atoms with Crippen LogP contribution in [-0.2, 0) is 45.1 Å². The molecule has 4 aromatic rings. The fourth-order valence-electron chi connectivity index (χ4n) is 6.53. The number of thiophene rings is 1. The maximum absolute atomic E-state index is 14.3. The van der Waals surface area contributed by atoms with Gasteiger partial charge >= 0.3 is 6.09 Å². The standard InChI is InChI=1S/C36H40FN5O5S/c1-36(2,3)47-35(46)39-27(19-25-21-40(16-14-37)29-10-5-4-9-26(25)29)33(44)38-28-18-24-8-6-11-30(41-15-7-12-31(41)43)32(24)42(34(28)45)20-23-13-17-48-22-23/h4-6,8-11,13,17,21-22,27-28H,7,12,14-16,18-20H2,1-3H3,(H,38,44)(H,39,46)/t27-,28?/m1/s1. The van der Waals surface area contributed by atoms with Crippen molar-refractivity contribution in [1.82, 2.24) is 15.2 Å². The number of ether oxygens (including phenoxy) is 1. The zero-order chi connectivity index (χ0) is 34.0. The maximum Gasteiger partial charge on any atom is 0.408 e. The first-order valence-corrected chi connectivity index (χ1v) is 17.1. The minimum atomic E-state index is -1.10. The second kappa shape index (κ2) is 13.8. The fraction of sp³-hybridized carbons (Fsp3) is 0.389. The second-order valence-corrected chi connectivity index (χ2v) is 14.0. The van der Waals surface area contributed by atoms with E-state index in [2.05, 4.69) is 10.6 Å². The SMILES string of the molecule is CC(C)(C)OC(=O)N[C@H](Cc1cn(CCF)c2ccccc12)C(=O)NC1Cc2cccc(N3CCCC3=O)c2N(Cc2ccsc2)C1=O. The van der Waals surface area contributed by atoms with Gasteiger partial charge in [0, 0.05) is 42.9 Å². The highest BCUT2D eigenvalue weighted by Crippen LogP contribution is 2.40. The number of nitrogens with zero attached hydrogens (tertiary/aromatic N) is 3. The predicted molar refractivity (Wildman–Crippen MR) is 184 cm³/mol. The molecule has 1 fully saturated rings. The van der Waals surface area contributed by atoms with E-state index < -0.39 is 36.4 Å². The van der Waals surface area contributed by atoms with E-state index in [9.17, 15) is 23.6 Å². The summed E-state index contributed by atoms with van der Waals surface area (Å²) in [5.74, 6) is -0.839. The van der Waals surface area contributed by atoms with Gasteiger partial charge in [-0.05, 0) is 72.8 Å². The van der Waals surface area contributed by atoms with Gasteiger partial charge in [-0.3, -0.25) is 14.4 Å². The van der Waals surface area contributed by atoms with Crippen molar-refractivity contribution in [2.45, 2.75) is 77.2 Å². The molecule has 0 bridgehead atoms. The molecule has 4 heterocycles. The van der Waals surface area contributed by atoms with E-state index in [1.165, 1.54) is 11.3 Å². The van der Waals surface area contributed by atoms with E-state index >= 15 is 0 Å². The number of aryl methyl sites for hydroxylation is 1. The topological polar surface area (TPSA) is 113 Å². The monoisotopic (exact) mass is 673 g/mol. The van der Waals surface area contributed by atoms with Crippen molar-refractivity contribution in [2.75, 3.05) is 23.0 Å². The Balaban J connectivity index is 1.32. The van der Waals surface area contributed by atoms with Crippen LogP contribution in [0.3, 0.4) is 0 Å². The summed E-state index contributed by atoms with van der Waals surface area (Å²) < 4.78 is 20.7. The van der Waals surface area contributed by atoms with Crippen LogP contribution in [0, 0.1) is 0 Å². The highest BCUT2D eigenvalue weighted by Gasteiger charge is 2.39. The molecule has 0 saturated carbocycles. The maximum atomic E-state index is 14.3. The Morgan fingerprint density at radius 3 is 2.62 bits per heavy atom. The Labute approximate surface area is 282 Å². The van der Waals surface area contributed by atoms with E-state index in [4.69, 9.17) is 4.74 Å². The highest BCUT2D eigenvalue weighted by molar-refractivity contribution is 7.07. The van der Waals surface area contributed by atoms with Gasteiger partial charge in [-0.25, -0.2) is 9.18 Å². The Bertz CT molecular complexity index is 1830. The lowest BCUT2D eigenvalue weighted by molar-refractivity contribution is -0.129. The summed E-state index contributed by atoms with van der Waals surface area (Å²) in [5, 5.41) is 10.4. The van der Waals surface area contributed by atoms with Crippen molar-refractivity contribution < 1.29 is 28.3 Å². The van der Waals surface area contributed by atoms with E-state index in [1.807, 2.05) is 59.3 Å². The molecule has 0 aliphatic carbocycles. The van der Waals surface area contributed by atoms with Gasteiger partial charge in [0.25, 0.3) is 0 Å². The van der Waals surface area contributed by atoms with Gasteiger partial charge in [-0.2, -0.15) is 11.3 Å². The van der Waals surface area contributed by atoms with Crippen LogP contribution in [-0.4, -0.2) is 59.3 Å². The Hall–Kier alpha value is -4.71. The van der Waals surface area contributed by atoms with Gasteiger partial charge in [0.05, 0.1) is 24.5 Å². The molecule has 10 nitrogen and oxygen atoms in total. The second-order valence-electron chi connectivity index (χ2n) is 13.2. The van der Waals surface area contributed by atoms with Crippen LogP contribution in [0.25, 0.3) is 10.9 Å². The number of carbonyl (C=O) groups is 4. The van der Waals surface area contributed by atoms with Gasteiger partial charge < -0.3 is 29.7 Å². The van der Waals surface area contributed by atoms with Gasteiger partial charge in [0.2, 0.25) is 17.7 Å². The van der Waals surface area contributed by atoms with Crippen LogP contribution >= 0.6 is 11.3 Å². The summed E-state index contributed by atoms with van der Waals surface area (Å²) in [6, 6.07) is 13.1. The first-order chi connectivity index (χ1) is 23.0. The molecule has 4 amide bonds. The van der Waals surface area contributed by atoms with Crippen molar-refractivity contribution >= 4 is 57.4 Å². The molecule has 2 atom stereocenters. The number of alkyl carbamates (subject to hydrolysis) is 1. The summed E-state index contributed by atoms with van der Waals surface area (Å²) in [6.07, 6.45) is 2.53. The van der Waals surface area contributed by atoms with Crippen molar-refractivity contribution in [3.63, 3.8) is 0 Å². The summed E-state index contributed by atoms with van der Waals surface area (Å²) in [4.78, 5) is 57.6. The van der Waals surface area contributed by atoms with Crippen LogP contribution in [0.5, 0.6) is 0 Å². The lowest BCUT2D eigenvalue weighted by atomic mass is 9.94. The summed E-state index contributed by atoms with van der Waals surface area (Å²) in [6.45, 7) is 5.64. The molecule has 2 aliphatic heterocycles. The first kappa shape index (κ1) is 33.2. The van der Waals surface area contributed by atoms with Crippen LogP contribution in [0.1, 0.15) is 50.3 Å². The first-order valence-electron chi connectivity index (χ1n) is 16.2. The number of hydrogen-bond acceptors (Lipinski definition) is 6. The molecule has 12 heteroatoms. The summed E-state index contributed by atoms with van der Waals surface area (Å²) in [5.41, 5.74) is 3.89. The Kier molecular flexibility index (Phi) is 9.54. The van der Waals surface area contributed by atoms with Gasteiger partial charge in [0.1, 0.15) is 24.4 Å². The largest absolute Gasteiger partial charge is 0.444 e. The van der Waals surface area contributed by atoms with Gasteiger partial charge in [-0.15, -0.1) is 0 Å². The molecule has 0 radical (unpaired) electrons. The number of alkyl halides is 1. The zero-order valence-corrected chi connectivity index (χ0v) is 28.1. The molecule has 1 unspecified atom stereocenters. The molecule has 2 aromatic carbocycles. The number of hydrogen-bond donors (Lipinski definition) is 2. The van der Waals surface area contributed by atoms with Crippen LogP contribution in [0.2, 0.25) is 0 Å². The molecule has 2 aromatic heterocycles. The third kappa shape index (κ3) is 7.08. The van der Waals surface area contributed by atoms with Crippen molar-refractivity contribution in [1.29, 1.82) is 0 Å². The average molecular weight is 674 g/mol. The quantitative estimate of drug-likeness (QED) is 0.231. The number of carbonyl (C=O) groups excluding carboxylic acids is 4. The van der Waals surface area contributed by atoms with E-state index in [-0.39, 0.29) is 37.7 Å². The van der Waals surface area contributed by atoms with E-state index in [1.54, 1.807) is 41.3 Å². The molecular weight excluding hydrogens is 633 g/mol. The Morgan fingerprint density at radius 2 is 1.92 bits per heavy atom. The number of halogens is 1. The lowest BCUT2D eigenvalue weighted by Gasteiger charge is -2.37. The third-order valence-electron chi connectivity index (χ3n) is 8.59. The molecule has 2 aliphatic rings. The minimum absolute atomic E-state index is 0.0192. The smallest absolute Gasteiger partial charge is 0.408 e. The number of benzene rings is 2. The van der Waals surface area contributed by atoms with Crippen molar-refractivity contribution in [3.8, 4) is 0 Å². The van der Waals surface area contributed by atoms with Crippen molar-refractivity contribution in [3.05, 3.63) is 82.2 Å². The molecule has 0 spiro atoms. The number of amides is 4. The highest BCUT2D eigenvalue weighted by atomic mass is 32.1. The average Bonchev–Trinajstić information content (AvgIpc) is 3.79. The van der Waals surface area contributed by atoms with E-state index in [0.29, 0.717) is 24.3 Å². The minimum Gasteiger partial charge on any atom is -0.444 e. The van der Waals surface area contributed by atoms with Crippen LogP contribution in [0.15, 0.2) is 65.5 Å². The summed E-state index contributed by atoms with van der Waals surface area (Å²) >= 11 is 1.52. The number of aromatic nitrogens is 1. The lowest BCUT2D eigenvalue weighted by Crippen LogP contribution is -2.57. The molecule has 48 heavy (non-hydrogen) atoms. The van der Waals surface area contributed by atoms with Crippen LogP contribution < -0.4 is 20.4 Å².